The first-order valence-corrected chi connectivity index (χ1v) is 17.9. The first kappa shape index (κ1) is 44.0. The summed E-state index contributed by atoms with van der Waals surface area (Å²) in [5.41, 5.74) is 29.0. The van der Waals surface area contributed by atoms with Crippen molar-refractivity contribution in [2.75, 3.05) is 144 Å². The van der Waals surface area contributed by atoms with Gasteiger partial charge in [-0.25, -0.2) is 0 Å². The van der Waals surface area contributed by atoms with Gasteiger partial charge in [0.1, 0.15) is 0 Å². The van der Waals surface area contributed by atoms with E-state index >= 15 is 0 Å². The molecule has 0 aliphatic rings. The summed E-state index contributed by atoms with van der Waals surface area (Å²) >= 11 is 0. The van der Waals surface area contributed by atoms with E-state index in [2.05, 4.69) is 49.4 Å². The van der Waals surface area contributed by atoms with Crippen LogP contribution < -0.4 is 44.6 Å². The minimum absolute atomic E-state index is 0.0494. The number of hydrogen-bond donors (Lipinski definition) is 8. The molecule has 0 heterocycles. The molecule has 13 heteroatoms. The van der Waals surface area contributed by atoms with Crippen molar-refractivity contribution in [3.63, 3.8) is 0 Å². The topological polar surface area (TPSA) is 196 Å². The lowest BCUT2D eigenvalue weighted by Gasteiger charge is -2.30. The molecular formula is C32H76N12O. The van der Waals surface area contributed by atoms with Gasteiger partial charge in [-0.15, -0.1) is 0 Å². The zero-order chi connectivity index (χ0) is 33.5. The van der Waals surface area contributed by atoms with Crippen LogP contribution in [0, 0.1) is 11.8 Å². The molecule has 0 aliphatic carbocycles. The van der Waals surface area contributed by atoms with Crippen LogP contribution in [0.5, 0.6) is 0 Å². The Balaban J connectivity index is 4.82. The molecule has 1 unspecified atom stereocenters. The predicted molar refractivity (Wildman–Crippen MR) is 192 cm³/mol. The average molecular weight is 645 g/mol. The largest absolute Gasteiger partial charge is 0.355 e. The summed E-state index contributed by atoms with van der Waals surface area (Å²) in [7, 11) is 0. The van der Waals surface area contributed by atoms with Crippen molar-refractivity contribution >= 4 is 5.91 Å². The fourth-order valence-corrected chi connectivity index (χ4v) is 5.50. The van der Waals surface area contributed by atoms with Crippen molar-refractivity contribution in [2.45, 2.75) is 46.5 Å². The van der Waals surface area contributed by atoms with Crippen molar-refractivity contribution < 1.29 is 4.79 Å². The van der Waals surface area contributed by atoms with Gasteiger partial charge in [0.05, 0.1) is 0 Å². The fourth-order valence-electron chi connectivity index (χ4n) is 5.50. The van der Waals surface area contributed by atoms with Gasteiger partial charge in [0, 0.05) is 137 Å². The van der Waals surface area contributed by atoms with Crippen molar-refractivity contribution in [2.24, 2.45) is 40.5 Å². The molecule has 0 spiro atoms. The Bertz CT molecular complexity index is 639. The van der Waals surface area contributed by atoms with Gasteiger partial charge in [-0.1, -0.05) is 27.2 Å². The normalized spacial score (nSPS) is 12.8. The molecule has 13 N–H and O–H groups in total. The van der Waals surface area contributed by atoms with E-state index in [-0.39, 0.29) is 11.8 Å². The lowest BCUT2D eigenvalue weighted by molar-refractivity contribution is -0.125. The minimum atomic E-state index is 0.0494. The third-order valence-corrected chi connectivity index (χ3v) is 8.11. The third kappa shape index (κ3) is 26.8. The van der Waals surface area contributed by atoms with Crippen molar-refractivity contribution in [3.05, 3.63) is 0 Å². The van der Waals surface area contributed by atoms with Crippen LogP contribution in [-0.2, 0) is 4.79 Å². The maximum atomic E-state index is 12.4. The molecule has 13 nitrogen and oxygen atoms in total. The van der Waals surface area contributed by atoms with Gasteiger partial charge in [0.25, 0.3) is 0 Å². The number of nitrogens with zero attached hydrogens (tertiary/aromatic N) is 4. The number of nitrogens with one attached hydrogen (secondary N) is 3. The monoisotopic (exact) mass is 645 g/mol. The summed E-state index contributed by atoms with van der Waals surface area (Å²) in [5, 5.41) is 10.2. The molecule has 0 radical (unpaired) electrons. The van der Waals surface area contributed by atoms with Crippen molar-refractivity contribution in [3.8, 4) is 0 Å². The Morgan fingerprint density at radius 1 is 0.489 bits per heavy atom. The highest BCUT2D eigenvalue weighted by molar-refractivity contribution is 5.78. The lowest BCUT2D eigenvalue weighted by Crippen LogP contribution is -2.45. The van der Waals surface area contributed by atoms with Crippen LogP contribution in [0.2, 0.25) is 0 Å². The quantitative estimate of drug-likeness (QED) is 0.0364. The highest BCUT2D eigenvalue weighted by Crippen LogP contribution is 2.10. The molecule has 45 heavy (non-hydrogen) atoms. The van der Waals surface area contributed by atoms with Crippen LogP contribution in [0.4, 0.5) is 0 Å². The van der Waals surface area contributed by atoms with Crippen LogP contribution in [0.25, 0.3) is 0 Å². The number of amides is 1. The average Bonchev–Trinajstić information content (AvgIpc) is 3.01. The SMILES string of the molecule is CC(C)CC(C)C(=O)NCCN(CCN)CCNCCN(CCNCCN)CCN(CCCCCN)CCN(CCN)CCN. The molecular weight excluding hydrogens is 568 g/mol. The molecule has 0 aromatic carbocycles. The molecule has 0 saturated heterocycles. The van der Waals surface area contributed by atoms with Gasteiger partial charge in [0.15, 0.2) is 0 Å². The second-order valence-corrected chi connectivity index (χ2v) is 12.7. The molecule has 0 saturated carbocycles. The third-order valence-electron chi connectivity index (χ3n) is 8.11. The van der Waals surface area contributed by atoms with E-state index in [0.29, 0.717) is 38.6 Å². The maximum Gasteiger partial charge on any atom is 0.222 e. The number of rotatable bonds is 34. The van der Waals surface area contributed by atoms with E-state index in [0.717, 1.165) is 124 Å². The first-order valence-electron chi connectivity index (χ1n) is 17.9. The van der Waals surface area contributed by atoms with E-state index in [9.17, 15) is 4.79 Å². The second kappa shape index (κ2) is 31.6. The van der Waals surface area contributed by atoms with Crippen LogP contribution in [-0.4, -0.2) is 169 Å². The first-order chi connectivity index (χ1) is 21.8. The van der Waals surface area contributed by atoms with Crippen LogP contribution in [0.1, 0.15) is 46.5 Å². The van der Waals surface area contributed by atoms with Gasteiger partial charge < -0.3 is 49.5 Å². The molecule has 270 valence electrons. The van der Waals surface area contributed by atoms with Crippen LogP contribution >= 0.6 is 0 Å². The molecule has 0 aromatic heterocycles. The summed E-state index contributed by atoms with van der Waals surface area (Å²) < 4.78 is 0. The number of unbranched alkanes of at least 4 members (excludes halogenated alkanes) is 2. The Morgan fingerprint density at radius 2 is 0.933 bits per heavy atom. The Hall–Kier alpha value is -0.970. The highest BCUT2D eigenvalue weighted by atomic mass is 16.1. The van der Waals surface area contributed by atoms with Crippen molar-refractivity contribution in [1.82, 2.24) is 35.6 Å². The summed E-state index contributed by atoms with van der Waals surface area (Å²) in [6.07, 6.45) is 4.34. The van der Waals surface area contributed by atoms with E-state index in [1.54, 1.807) is 0 Å². The predicted octanol–water partition coefficient (Wildman–Crippen LogP) is -1.86. The number of carbonyl (C=O) groups is 1. The molecule has 0 aromatic rings. The minimum Gasteiger partial charge on any atom is -0.355 e. The Morgan fingerprint density at radius 3 is 1.40 bits per heavy atom. The lowest BCUT2D eigenvalue weighted by atomic mass is 9.98. The molecule has 1 amide bonds. The zero-order valence-corrected chi connectivity index (χ0v) is 29.6. The Kier molecular flexibility index (Phi) is 30.9. The van der Waals surface area contributed by atoms with Gasteiger partial charge >= 0.3 is 0 Å². The summed E-state index contributed by atoms with van der Waals surface area (Å²) in [6.45, 7) is 25.3. The summed E-state index contributed by atoms with van der Waals surface area (Å²) in [6, 6.07) is 0. The second-order valence-electron chi connectivity index (χ2n) is 12.7. The number of carbonyl (C=O) groups excluding carboxylic acids is 1. The van der Waals surface area contributed by atoms with Crippen LogP contribution in [0.3, 0.4) is 0 Å². The van der Waals surface area contributed by atoms with Crippen LogP contribution in [0.15, 0.2) is 0 Å². The fraction of sp³-hybridized carbons (Fsp3) is 0.969. The molecule has 0 fully saturated rings. The molecule has 1 atom stereocenters. The zero-order valence-electron chi connectivity index (χ0n) is 29.6. The van der Waals surface area contributed by atoms with E-state index in [1.165, 1.54) is 12.8 Å². The van der Waals surface area contributed by atoms with E-state index < -0.39 is 0 Å². The molecule has 0 aliphatic heterocycles. The van der Waals surface area contributed by atoms with Gasteiger partial charge in [0.2, 0.25) is 5.91 Å². The van der Waals surface area contributed by atoms with E-state index in [4.69, 9.17) is 28.7 Å². The van der Waals surface area contributed by atoms with Gasteiger partial charge in [-0.2, -0.15) is 0 Å². The van der Waals surface area contributed by atoms with Crippen molar-refractivity contribution in [1.29, 1.82) is 0 Å². The van der Waals surface area contributed by atoms with E-state index in [1.807, 2.05) is 6.92 Å². The number of hydrogen-bond acceptors (Lipinski definition) is 12. The summed E-state index contributed by atoms with van der Waals surface area (Å²) in [4.78, 5) is 22.2. The highest BCUT2D eigenvalue weighted by Gasteiger charge is 2.15. The molecule has 0 bridgehead atoms. The molecule has 0 rings (SSSR count). The van der Waals surface area contributed by atoms with Gasteiger partial charge in [-0.05, 0) is 38.3 Å². The Labute approximate surface area is 277 Å². The van der Waals surface area contributed by atoms with Gasteiger partial charge in [-0.3, -0.25) is 19.5 Å². The standard InChI is InChI=1S/C32H76N12O/c1-30(2)29-31(3)32(45)40-16-24-43(20-11-37)21-14-39-15-23-44(22-13-38-12-8-34)28-26-41(17-6-4-5-7-33)25-27-42(18-9-35)19-10-36/h30-31,38-39H,4-29,33-37H2,1-3H3,(H,40,45). The maximum absolute atomic E-state index is 12.4. The smallest absolute Gasteiger partial charge is 0.222 e. The number of nitrogens with two attached hydrogens (primary N) is 5. The summed E-state index contributed by atoms with van der Waals surface area (Å²) in [5.74, 6) is 0.717.